The van der Waals surface area contributed by atoms with Crippen LogP contribution in [0.15, 0.2) is 45.6 Å². The molecule has 2 aliphatic rings. The van der Waals surface area contributed by atoms with Gasteiger partial charge in [-0.25, -0.2) is 0 Å². The van der Waals surface area contributed by atoms with Crippen molar-refractivity contribution in [1.29, 1.82) is 0 Å². The monoisotopic (exact) mass is 580 g/mol. The molecule has 2 aliphatic heterocycles. The van der Waals surface area contributed by atoms with Crippen molar-refractivity contribution in [2.24, 2.45) is 0 Å². The van der Waals surface area contributed by atoms with Gasteiger partial charge in [0, 0.05) is 23.8 Å². The van der Waals surface area contributed by atoms with Crippen molar-refractivity contribution >= 4 is 11.0 Å². The van der Waals surface area contributed by atoms with Crippen LogP contribution in [0.2, 0.25) is 0 Å². The number of hydrogen-bond acceptors (Lipinski definition) is 15. The molecule has 2 aromatic carbocycles. The Bertz CT molecular complexity index is 1470. The Labute approximate surface area is 230 Å². The number of phenols is 3. The zero-order chi connectivity index (χ0) is 29.6. The summed E-state index contributed by atoms with van der Waals surface area (Å²) >= 11 is 0. The fraction of sp³-hybridized carbons (Fsp3) is 0.423. The van der Waals surface area contributed by atoms with Gasteiger partial charge in [-0.3, -0.25) is 4.79 Å². The van der Waals surface area contributed by atoms with E-state index in [-0.39, 0.29) is 33.8 Å². The van der Waals surface area contributed by atoms with E-state index in [2.05, 4.69) is 0 Å². The first-order valence-electron chi connectivity index (χ1n) is 12.4. The predicted octanol–water partition coefficient (Wildman–Crippen LogP) is -1.78. The molecule has 0 unspecified atom stereocenters. The Kier molecular flexibility index (Phi) is 7.82. The minimum atomic E-state index is -2.05. The van der Waals surface area contributed by atoms with Gasteiger partial charge in [-0.05, 0) is 18.2 Å². The summed E-state index contributed by atoms with van der Waals surface area (Å²) in [4.78, 5) is 12.8. The quantitative estimate of drug-likeness (QED) is 0.140. The number of rotatable bonds is 7. The van der Waals surface area contributed by atoms with Crippen molar-refractivity contribution in [2.75, 3.05) is 19.8 Å². The third-order valence-electron chi connectivity index (χ3n) is 6.99. The third kappa shape index (κ3) is 5.30. The van der Waals surface area contributed by atoms with Crippen LogP contribution < -0.4 is 10.2 Å². The third-order valence-corrected chi connectivity index (χ3v) is 6.99. The molecule has 2 fully saturated rings. The van der Waals surface area contributed by atoms with E-state index >= 15 is 0 Å². The molecule has 3 heterocycles. The highest BCUT2D eigenvalue weighted by Crippen LogP contribution is 2.36. The number of aromatic hydroxyl groups is 3. The summed E-state index contributed by atoms with van der Waals surface area (Å²) in [6.45, 7) is -2.11. The second-order valence-electron chi connectivity index (χ2n) is 9.81. The minimum Gasteiger partial charge on any atom is -0.507 e. The van der Waals surface area contributed by atoms with Crippen molar-refractivity contribution in [3.05, 3.63) is 46.6 Å². The van der Waals surface area contributed by atoms with Crippen LogP contribution in [0, 0.1) is 0 Å². The van der Waals surface area contributed by atoms with Crippen LogP contribution in [-0.2, 0) is 14.2 Å². The van der Waals surface area contributed by atoms with Crippen LogP contribution >= 0.6 is 0 Å². The smallest absolute Gasteiger partial charge is 0.229 e. The van der Waals surface area contributed by atoms with Gasteiger partial charge in [0.25, 0.3) is 0 Å². The molecule has 5 rings (SSSR count). The van der Waals surface area contributed by atoms with Gasteiger partial charge in [0.2, 0.25) is 6.29 Å². The number of benzene rings is 2. The maximum atomic E-state index is 12.8. The molecular weight excluding hydrogens is 552 g/mol. The van der Waals surface area contributed by atoms with E-state index in [1.165, 1.54) is 18.2 Å². The van der Waals surface area contributed by atoms with Crippen LogP contribution in [0.3, 0.4) is 0 Å². The normalized spacial score (nSPS) is 31.9. The molecule has 0 bridgehead atoms. The molecule has 222 valence electrons. The van der Waals surface area contributed by atoms with E-state index in [4.69, 9.17) is 23.4 Å². The molecule has 3 aromatic rings. The van der Waals surface area contributed by atoms with Crippen LogP contribution in [0.1, 0.15) is 0 Å². The average Bonchev–Trinajstić information content (AvgIpc) is 3.22. The first kappa shape index (κ1) is 29.0. The maximum Gasteiger partial charge on any atom is 0.229 e. The summed E-state index contributed by atoms with van der Waals surface area (Å²) < 4.78 is 27.9. The number of aliphatic hydroxyl groups excluding tert-OH is 5. The largest absolute Gasteiger partial charge is 0.507 e. The molecule has 8 atom stereocenters. The Morgan fingerprint density at radius 3 is 2.34 bits per heavy atom. The first-order valence-corrected chi connectivity index (χ1v) is 12.4. The summed E-state index contributed by atoms with van der Waals surface area (Å²) in [6.07, 6.45) is -11.4. The van der Waals surface area contributed by atoms with E-state index < -0.39 is 85.4 Å². The molecule has 0 saturated carbocycles. The Morgan fingerprint density at radius 2 is 1.68 bits per heavy atom. The fourth-order valence-corrected chi connectivity index (χ4v) is 4.62. The lowest BCUT2D eigenvalue weighted by molar-refractivity contribution is -0.318. The van der Waals surface area contributed by atoms with Crippen molar-refractivity contribution in [2.45, 2.75) is 48.7 Å². The van der Waals surface area contributed by atoms with E-state index in [1.54, 1.807) is 0 Å². The van der Waals surface area contributed by atoms with Crippen molar-refractivity contribution in [3.8, 4) is 34.3 Å². The van der Waals surface area contributed by atoms with Gasteiger partial charge in [0.1, 0.15) is 58.2 Å². The van der Waals surface area contributed by atoms with Crippen LogP contribution in [0.25, 0.3) is 22.3 Å². The van der Waals surface area contributed by atoms with Crippen LogP contribution in [0.4, 0.5) is 0 Å². The average molecular weight is 580 g/mol. The van der Waals surface area contributed by atoms with E-state index in [0.717, 1.165) is 18.2 Å². The SMILES string of the molecule is O=c1cc(-c2ccc(O)c(O)c2)oc2cc(O[C@@H]3O[C@H](CO)[C@@H](O)[C@H](O)[C@H]3O[C@@H]3OC[C@@](O)(CO)[C@H]3O)cc(O)c12. The van der Waals surface area contributed by atoms with Gasteiger partial charge in [-0.2, -0.15) is 0 Å². The second-order valence-corrected chi connectivity index (χ2v) is 9.81. The van der Waals surface area contributed by atoms with Gasteiger partial charge >= 0.3 is 0 Å². The van der Waals surface area contributed by atoms with Gasteiger partial charge in [-0.15, -0.1) is 0 Å². The van der Waals surface area contributed by atoms with Crippen molar-refractivity contribution in [3.63, 3.8) is 0 Å². The number of hydrogen-bond donors (Lipinski definition) is 9. The summed E-state index contributed by atoms with van der Waals surface area (Å²) in [6, 6.07) is 7.06. The highest BCUT2D eigenvalue weighted by Gasteiger charge is 2.53. The molecule has 0 aliphatic carbocycles. The lowest BCUT2D eigenvalue weighted by Gasteiger charge is -2.42. The van der Waals surface area contributed by atoms with Crippen molar-refractivity contribution < 1.29 is 69.3 Å². The first-order chi connectivity index (χ1) is 19.4. The zero-order valence-corrected chi connectivity index (χ0v) is 21.1. The molecule has 41 heavy (non-hydrogen) atoms. The van der Waals surface area contributed by atoms with Gasteiger partial charge < -0.3 is 69.3 Å². The zero-order valence-electron chi connectivity index (χ0n) is 21.1. The molecular formula is C26H28O15. The van der Waals surface area contributed by atoms with Gasteiger partial charge in [0.05, 0.1) is 19.8 Å². The standard InChI is InChI=1S/C26H28O15/c27-7-18-20(33)21(34)22(41-25-23(35)26(36,8-28)9-37-25)24(40-18)38-11-4-14(31)19-15(32)6-16(39-17(19)5-11)10-1-2-12(29)13(30)3-10/h1-6,18,20-25,27-31,33-36H,7-9H2/t18-,20-,21+,22-,23+,24-,25+,26+/m1/s1. The molecule has 9 N–H and O–H groups in total. The summed E-state index contributed by atoms with van der Waals surface area (Å²) in [7, 11) is 0. The molecule has 0 spiro atoms. The number of phenolic OH excluding ortho intramolecular Hbond substituents is 3. The highest BCUT2D eigenvalue weighted by molar-refractivity contribution is 5.86. The highest BCUT2D eigenvalue weighted by atomic mass is 16.8. The molecule has 15 heteroatoms. The Balaban J connectivity index is 1.48. The second kappa shape index (κ2) is 11.1. The van der Waals surface area contributed by atoms with E-state index in [9.17, 15) is 50.8 Å². The minimum absolute atomic E-state index is 0.0212. The topological polar surface area (TPSA) is 249 Å². The predicted molar refractivity (Wildman–Crippen MR) is 134 cm³/mol. The van der Waals surface area contributed by atoms with Crippen LogP contribution in [0.5, 0.6) is 23.0 Å². The Morgan fingerprint density at radius 1 is 0.927 bits per heavy atom. The summed E-state index contributed by atoms with van der Waals surface area (Å²) in [5.41, 5.74) is -2.63. The van der Waals surface area contributed by atoms with E-state index in [1.807, 2.05) is 0 Å². The fourth-order valence-electron chi connectivity index (χ4n) is 4.62. The molecule has 2 saturated heterocycles. The van der Waals surface area contributed by atoms with Gasteiger partial charge in [-0.1, -0.05) is 0 Å². The number of ether oxygens (including phenoxy) is 4. The molecule has 0 radical (unpaired) electrons. The van der Waals surface area contributed by atoms with Crippen LogP contribution in [-0.4, -0.2) is 114 Å². The molecule has 0 amide bonds. The van der Waals surface area contributed by atoms with Crippen molar-refractivity contribution in [1.82, 2.24) is 0 Å². The lowest BCUT2D eigenvalue weighted by Crippen LogP contribution is -2.62. The molecule has 15 nitrogen and oxygen atoms in total. The summed E-state index contributed by atoms with van der Waals surface area (Å²) in [5, 5.41) is 90.5. The molecule has 1 aromatic heterocycles. The van der Waals surface area contributed by atoms with E-state index in [0.29, 0.717) is 0 Å². The Hall–Kier alpha value is -3.51. The van der Waals surface area contributed by atoms with Gasteiger partial charge in [0.15, 0.2) is 29.3 Å². The lowest BCUT2D eigenvalue weighted by atomic mass is 9.98. The number of aliphatic hydroxyl groups is 6. The number of fused-ring (bicyclic) bond motifs is 1. The maximum absolute atomic E-state index is 12.8. The summed E-state index contributed by atoms with van der Waals surface area (Å²) in [5.74, 6) is -1.60.